The minimum Gasteiger partial charge on any atom is -0.465 e. The van der Waals surface area contributed by atoms with Crippen molar-refractivity contribution in [2.24, 2.45) is 0 Å². The second kappa shape index (κ2) is 4.82. The van der Waals surface area contributed by atoms with Crippen LogP contribution in [-0.4, -0.2) is 18.2 Å². The quantitative estimate of drug-likeness (QED) is 0.761. The van der Waals surface area contributed by atoms with Crippen molar-refractivity contribution in [3.05, 3.63) is 52.9 Å². The normalized spacial score (nSPS) is 10.2. The van der Waals surface area contributed by atoms with Gasteiger partial charge in [-0.1, -0.05) is 35.5 Å². The molecule has 0 radical (unpaired) electrons. The number of carbonyl (C=O) groups is 1. The minimum atomic E-state index is -0.408. The maximum absolute atomic E-state index is 11.6. The van der Waals surface area contributed by atoms with Crippen molar-refractivity contribution in [3.8, 4) is 0 Å². The maximum Gasteiger partial charge on any atom is 0.343 e. The van der Waals surface area contributed by atoms with Crippen LogP contribution in [0.4, 0.5) is 0 Å². The zero-order valence-corrected chi connectivity index (χ0v) is 9.77. The average Bonchev–Trinajstić information content (AvgIpc) is 2.71. The molecule has 0 spiro atoms. The molecule has 0 saturated heterocycles. The first kappa shape index (κ1) is 11.4. The van der Waals surface area contributed by atoms with Crippen LogP contribution in [0.5, 0.6) is 0 Å². The second-order valence-electron chi connectivity index (χ2n) is 3.71. The van der Waals surface area contributed by atoms with Crippen molar-refractivity contribution in [1.29, 1.82) is 0 Å². The summed E-state index contributed by atoms with van der Waals surface area (Å²) in [4.78, 5) is 11.6. The summed E-state index contributed by atoms with van der Waals surface area (Å²) in [6.07, 6.45) is 0.558. The third kappa shape index (κ3) is 2.36. The van der Waals surface area contributed by atoms with E-state index in [2.05, 4.69) is 5.16 Å². The molecule has 1 aromatic carbocycles. The molecule has 0 bridgehead atoms. The van der Waals surface area contributed by atoms with E-state index in [1.807, 2.05) is 30.3 Å². The summed E-state index contributed by atoms with van der Waals surface area (Å²) < 4.78 is 9.75. The first-order valence-corrected chi connectivity index (χ1v) is 5.29. The van der Waals surface area contributed by atoms with Crippen molar-refractivity contribution in [3.63, 3.8) is 0 Å². The van der Waals surface area contributed by atoms with Crippen molar-refractivity contribution in [2.45, 2.75) is 13.3 Å². The lowest BCUT2D eigenvalue weighted by Crippen LogP contribution is -2.06. The molecule has 0 fully saturated rings. The van der Waals surface area contributed by atoms with Gasteiger partial charge in [-0.05, 0) is 12.5 Å². The summed E-state index contributed by atoms with van der Waals surface area (Å²) in [7, 11) is 1.35. The fourth-order valence-electron chi connectivity index (χ4n) is 1.69. The highest BCUT2D eigenvalue weighted by Gasteiger charge is 2.20. The lowest BCUT2D eigenvalue weighted by molar-refractivity contribution is 0.0598. The smallest absolute Gasteiger partial charge is 0.343 e. The highest BCUT2D eigenvalue weighted by molar-refractivity contribution is 5.91. The number of methoxy groups -OCH3 is 1. The SMILES string of the molecule is COC(=O)c1c(Cc2ccccc2)noc1C. The van der Waals surface area contributed by atoms with E-state index in [4.69, 9.17) is 9.26 Å². The van der Waals surface area contributed by atoms with Crippen LogP contribution in [0, 0.1) is 6.92 Å². The molecule has 0 amide bonds. The van der Waals surface area contributed by atoms with E-state index in [1.54, 1.807) is 6.92 Å². The van der Waals surface area contributed by atoms with E-state index < -0.39 is 5.97 Å². The van der Waals surface area contributed by atoms with E-state index >= 15 is 0 Å². The van der Waals surface area contributed by atoms with Crippen LogP contribution >= 0.6 is 0 Å². The number of benzene rings is 1. The van der Waals surface area contributed by atoms with E-state index in [0.717, 1.165) is 5.56 Å². The Morgan fingerprint density at radius 1 is 1.35 bits per heavy atom. The third-order valence-corrected chi connectivity index (χ3v) is 2.54. The van der Waals surface area contributed by atoms with Gasteiger partial charge in [0.2, 0.25) is 0 Å². The molecule has 0 aliphatic heterocycles. The number of ether oxygens (including phenoxy) is 1. The van der Waals surface area contributed by atoms with Gasteiger partial charge in [-0.2, -0.15) is 0 Å². The Hall–Kier alpha value is -2.10. The van der Waals surface area contributed by atoms with Gasteiger partial charge in [0, 0.05) is 6.42 Å². The van der Waals surface area contributed by atoms with Gasteiger partial charge in [-0.25, -0.2) is 4.79 Å². The molecular weight excluding hydrogens is 218 g/mol. The van der Waals surface area contributed by atoms with Gasteiger partial charge in [0.25, 0.3) is 0 Å². The molecule has 1 heterocycles. The number of hydrogen-bond acceptors (Lipinski definition) is 4. The molecule has 0 unspecified atom stereocenters. The van der Waals surface area contributed by atoms with E-state index in [0.29, 0.717) is 23.4 Å². The Morgan fingerprint density at radius 3 is 2.71 bits per heavy atom. The lowest BCUT2D eigenvalue weighted by atomic mass is 10.1. The predicted octanol–water partition coefficient (Wildman–Crippen LogP) is 2.36. The summed E-state index contributed by atoms with van der Waals surface area (Å²) in [5.41, 5.74) is 2.11. The molecule has 0 aliphatic carbocycles. The third-order valence-electron chi connectivity index (χ3n) is 2.54. The predicted molar refractivity (Wildman–Crippen MR) is 61.8 cm³/mol. The van der Waals surface area contributed by atoms with Gasteiger partial charge in [-0.15, -0.1) is 0 Å². The van der Waals surface area contributed by atoms with Gasteiger partial charge in [0.05, 0.1) is 7.11 Å². The van der Waals surface area contributed by atoms with Crippen LogP contribution in [-0.2, 0) is 11.2 Å². The molecular formula is C13H13NO3. The number of aryl methyl sites for hydroxylation is 1. The summed E-state index contributed by atoms with van der Waals surface area (Å²) >= 11 is 0. The summed E-state index contributed by atoms with van der Waals surface area (Å²) in [6, 6.07) is 9.79. The lowest BCUT2D eigenvalue weighted by Gasteiger charge is -2.00. The number of esters is 1. The van der Waals surface area contributed by atoms with Gasteiger partial charge in [0.1, 0.15) is 17.0 Å². The highest BCUT2D eigenvalue weighted by atomic mass is 16.5. The monoisotopic (exact) mass is 231 g/mol. The average molecular weight is 231 g/mol. The molecule has 17 heavy (non-hydrogen) atoms. The van der Waals surface area contributed by atoms with Crippen molar-refractivity contribution >= 4 is 5.97 Å². The number of aromatic nitrogens is 1. The zero-order valence-electron chi connectivity index (χ0n) is 9.77. The summed E-state index contributed by atoms with van der Waals surface area (Å²) in [5.74, 6) is 0.0810. The number of nitrogens with zero attached hydrogens (tertiary/aromatic N) is 1. The molecule has 4 nitrogen and oxygen atoms in total. The number of rotatable bonds is 3. The Morgan fingerprint density at radius 2 is 2.06 bits per heavy atom. The molecule has 0 atom stereocenters. The Balaban J connectivity index is 2.31. The molecule has 0 N–H and O–H groups in total. The van der Waals surface area contributed by atoms with Gasteiger partial charge in [-0.3, -0.25) is 0 Å². The molecule has 1 aromatic heterocycles. The van der Waals surface area contributed by atoms with Crippen molar-refractivity contribution < 1.29 is 14.1 Å². The molecule has 0 aliphatic rings. The van der Waals surface area contributed by atoms with Crippen LogP contribution in [0.3, 0.4) is 0 Å². The van der Waals surface area contributed by atoms with Crippen LogP contribution in [0.1, 0.15) is 27.4 Å². The maximum atomic E-state index is 11.6. The largest absolute Gasteiger partial charge is 0.465 e. The van der Waals surface area contributed by atoms with Crippen molar-refractivity contribution in [1.82, 2.24) is 5.16 Å². The first-order chi connectivity index (χ1) is 8.22. The molecule has 0 saturated carbocycles. The fraction of sp³-hybridized carbons (Fsp3) is 0.231. The molecule has 4 heteroatoms. The zero-order chi connectivity index (χ0) is 12.3. The standard InChI is InChI=1S/C13H13NO3/c1-9-12(13(15)16-2)11(14-17-9)8-10-6-4-3-5-7-10/h3-7H,8H2,1-2H3. The Bertz CT molecular complexity index is 517. The minimum absolute atomic E-state index is 0.408. The van der Waals surface area contributed by atoms with Crippen LogP contribution in [0.25, 0.3) is 0 Å². The van der Waals surface area contributed by atoms with Gasteiger partial charge in [0.15, 0.2) is 0 Å². The van der Waals surface area contributed by atoms with Crippen molar-refractivity contribution in [2.75, 3.05) is 7.11 Å². The molecule has 88 valence electrons. The number of carbonyl (C=O) groups excluding carboxylic acids is 1. The molecule has 2 rings (SSSR count). The van der Waals surface area contributed by atoms with E-state index in [9.17, 15) is 4.79 Å². The second-order valence-corrected chi connectivity index (χ2v) is 3.71. The Kier molecular flexibility index (Phi) is 3.23. The molecule has 2 aromatic rings. The van der Waals surface area contributed by atoms with Crippen LogP contribution < -0.4 is 0 Å². The van der Waals surface area contributed by atoms with E-state index in [1.165, 1.54) is 7.11 Å². The van der Waals surface area contributed by atoms with E-state index in [-0.39, 0.29) is 0 Å². The highest BCUT2D eigenvalue weighted by Crippen LogP contribution is 2.17. The van der Waals surface area contributed by atoms with Crippen LogP contribution in [0.15, 0.2) is 34.9 Å². The topological polar surface area (TPSA) is 52.3 Å². The van der Waals surface area contributed by atoms with Gasteiger partial charge < -0.3 is 9.26 Å². The first-order valence-electron chi connectivity index (χ1n) is 5.29. The fourth-order valence-corrected chi connectivity index (χ4v) is 1.69. The summed E-state index contributed by atoms with van der Waals surface area (Å²) in [5, 5.41) is 3.90. The number of hydrogen-bond donors (Lipinski definition) is 0. The summed E-state index contributed by atoms with van der Waals surface area (Å²) in [6.45, 7) is 1.70. The Labute approximate surface area is 99.2 Å². The van der Waals surface area contributed by atoms with Gasteiger partial charge >= 0.3 is 5.97 Å². The van der Waals surface area contributed by atoms with Crippen LogP contribution in [0.2, 0.25) is 0 Å².